The number of thiocarbonyl (C=S) groups is 1. The maximum absolute atomic E-state index is 13.0. The van der Waals surface area contributed by atoms with E-state index in [0.717, 1.165) is 39.0 Å². The summed E-state index contributed by atoms with van der Waals surface area (Å²) in [7, 11) is 0. The lowest BCUT2D eigenvalue weighted by atomic mass is 10.1. The SMILES string of the molecule is Cc1cccc(COc2ccccc2/C=C2/SC(=S)N(NC(=O)c3ccc(C)cc3Cl)C2=O)c1. The molecule has 34 heavy (non-hydrogen) atoms. The van der Waals surface area contributed by atoms with Gasteiger partial charge in [-0.05, 0) is 61.5 Å². The second-order valence-corrected chi connectivity index (χ2v) is 9.84. The van der Waals surface area contributed by atoms with Crippen molar-refractivity contribution in [2.24, 2.45) is 0 Å². The molecule has 1 N–H and O–H groups in total. The largest absolute Gasteiger partial charge is 0.488 e. The molecule has 1 heterocycles. The first kappa shape index (κ1) is 24.0. The Hall–Kier alpha value is -3.13. The standard InChI is InChI=1S/C26H21ClN2O3S2/c1-16-6-5-7-18(12-16)15-32-22-9-4-3-8-19(22)14-23-25(31)29(26(33)34-23)28-24(30)20-11-10-17(2)13-21(20)27/h3-14H,15H2,1-2H3,(H,28,30)/b23-14+. The molecule has 5 nitrogen and oxygen atoms in total. The third kappa shape index (κ3) is 5.50. The van der Waals surface area contributed by atoms with Crippen molar-refractivity contribution in [1.82, 2.24) is 10.4 Å². The molecule has 0 saturated carbocycles. The minimum atomic E-state index is -0.510. The molecule has 0 bridgehead atoms. The number of amides is 2. The van der Waals surface area contributed by atoms with E-state index in [2.05, 4.69) is 11.5 Å². The van der Waals surface area contributed by atoms with E-state index in [0.29, 0.717) is 22.3 Å². The summed E-state index contributed by atoms with van der Waals surface area (Å²) < 4.78 is 6.25. The van der Waals surface area contributed by atoms with Crippen LogP contribution in [0.15, 0.2) is 71.6 Å². The smallest absolute Gasteiger partial charge is 0.285 e. The fraction of sp³-hybridized carbons (Fsp3) is 0.115. The van der Waals surface area contributed by atoms with Gasteiger partial charge < -0.3 is 4.74 Å². The summed E-state index contributed by atoms with van der Waals surface area (Å²) in [6.07, 6.45) is 1.72. The Morgan fingerprint density at radius 3 is 2.62 bits per heavy atom. The van der Waals surface area contributed by atoms with Gasteiger partial charge >= 0.3 is 0 Å². The van der Waals surface area contributed by atoms with E-state index < -0.39 is 11.8 Å². The molecule has 0 radical (unpaired) electrons. The molecular formula is C26H21ClN2O3S2. The summed E-state index contributed by atoms with van der Waals surface area (Å²) in [5.74, 6) is -0.283. The predicted octanol–water partition coefficient (Wildman–Crippen LogP) is 6.08. The molecule has 0 atom stereocenters. The summed E-state index contributed by atoms with van der Waals surface area (Å²) in [6.45, 7) is 4.31. The molecule has 1 aliphatic heterocycles. The number of halogens is 1. The number of hydrogen-bond acceptors (Lipinski definition) is 5. The average Bonchev–Trinajstić information content (AvgIpc) is 3.06. The topological polar surface area (TPSA) is 58.6 Å². The van der Waals surface area contributed by atoms with E-state index >= 15 is 0 Å². The Morgan fingerprint density at radius 1 is 1.09 bits per heavy atom. The number of carbonyl (C=O) groups is 2. The van der Waals surface area contributed by atoms with Crippen molar-refractivity contribution in [2.75, 3.05) is 0 Å². The number of benzene rings is 3. The fourth-order valence-electron chi connectivity index (χ4n) is 3.37. The van der Waals surface area contributed by atoms with Gasteiger partial charge in [0.2, 0.25) is 0 Å². The Kier molecular flexibility index (Phi) is 7.36. The van der Waals surface area contributed by atoms with Crippen LogP contribution in [0, 0.1) is 13.8 Å². The maximum Gasteiger partial charge on any atom is 0.285 e. The summed E-state index contributed by atoms with van der Waals surface area (Å²) in [4.78, 5) is 26.1. The molecule has 1 saturated heterocycles. The van der Waals surface area contributed by atoms with E-state index in [4.69, 9.17) is 28.6 Å². The van der Waals surface area contributed by atoms with Gasteiger partial charge in [-0.3, -0.25) is 15.0 Å². The monoisotopic (exact) mass is 508 g/mol. The molecule has 3 aromatic carbocycles. The van der Waals surface area contributed by atoms with Gasteiger partial charge in [0.25, 0.3) is 11.8 Å². The second-order valence-electron chi connectivity index (χ2n) is 7.76. The van der Waals surface area contributed by atoms with Crippen LogP contribution in [0.1, 0.15) is 32.6 Å². The minimum absolute atomic E-state index is 0.228. The Bertz CT molecular complexity index is 1320. The molecule has 3 aromatic rings. The third-order valence-electron chi connectivity index (χ3n) is 5.06. The number of thioether (sulfide) groups is 1. The zero-order chi connectivity index (χ0) is 24.2. The first-order valence-electron chi connectivity index (χ1n) is 10.4. The summed E-state index contributed by atoms with van der Waals surface area (Å²) in [6, 6.07) is 20.6. The van der Waals surface area contributed by atoms with E-state index in [1.807, 2.05) is 56.3 Å². The quantitative estimate of drug-likeness (QED) is 0.323. The first-order chi connectivity index (χ1) is 16.3. The van der Waals surface area contributed by atoms with Crippen LogP contribution in [0.5, 0.6) is 5.75 Å². The lowest BCUT2D eigenvalue weighted by Crippen LogP contribution is -2.44. The van der Waals surface area contributed by atoms with Crippen molar-refractivity contribution < 1.29 is 14.3 Å². The van der Waals surface area contributed by atoms with Crippen LogP contribution >= 0.6 is 35.6 Å². The third-order valence-corrected chi connectivity index (χ3v) is 6.67. The highest BCUT2D eigenvalue weighted by atomic mass is 35.5. The minimum Gasteiger partial charge on any atom is -0.488 e. The zero-order valence-electron chi connectivity index (χ0n) is 18.5. The number of nitrogens with zero attached hydrogens (tertiary/aromatic N) is 1. The van der Waals surface area contributed by atoms with Crippen molar-refractivity contribution >= 4 is 57.8 Å². The molecule has 1 fully saturated rings. The van der Waals surface area contributed by atoms with Gasteiger partial charge in [-0.1, -0.05) is 77.5 Å². The van der Waals surface area contributed by atoms with Crippen molar-refractivity contribution in [2.45, 2.75) is 20.5 Å². The lowest BCUT2D eigenvalue weighted by molar-refractivity contribution is -0.123. The number of aryl methyl sites for hydroxylation is 2. The van der Waals surface area contributed by atoms with Crippen LogP contribution < -0.4 is 10.2 Å². The summed E-state index contributed by atoms with van der Waals surface area (Å²) in [5.41, 5.74) is 6.71. The van der Waals surface area contributed by atoms with Gasteiger partial charge in [-0.2, -0.15) is 5.01 Å². The van der Waals surface area contributed by atoms with Gasteiger partial charge in [0.1, 0.15) is 12.4 Å². The van der Waals surface area contributed by atoms with Crippen LogP contribution in [0.3, 0.4) is 0 Å². The van der Waals surface area contributed by atoms with Crippen LogP contribution in [0.2, 0.25) is 5.02 Å². The van der Waals surface area contributed by atoms with Gasteiger partial charge in [-0.15, -0.1) is 0 Å². The Morgan fingerprint density at radius 2 is 1.85 bits per heavy atom. The van der Waals surface area contributed by atoms with Gasteiger partial charge in [-0.25, -0.2) is 0 Å². The van der Waals surface area contributed by atoms with Crippen LogP contribution in [0.4, 0.5) is 0 Å². The van der Waals surface area contributed by atoms with E-state index in [1.54, 1.807) is 24.3 Å². The molecule has 4 rings (SSSR count). The molecule has 0 aromatic heterocycles. The van der Waals surface area contributed by atoms with Crippen LogP contribution in [-0.4, -0.2) is 21.1 Å². The highest BCUT2D eigenvalue weighted by Gasteiger charge is 2.34. The number of hydrazine groups is 1. The average molecular weight is 509 g/mol. The van der Waals surface area contributed by atoms with Gasteiger partial charge in [0.15, 0.2) is 4.32 Å². The van der Waals surface area contributed by atoms with Gasteiger partial charge in [0.05, 0.1) is 15.5 Å². The molecule has 8 heteroatoms. The summed E-state index contributed by atoms with van der Waals surface area (Å²) in [5, 5.41) is 1.37. The number of nitrogens with one attached hydrogen (secondary N) is 1. The number of carbonyl (C=O) groups excluding carboxylic acids is 2. The van der Waals surface area contributed by atoms with E-state index in [-0.39, 0.29) is 9.88 Å². The highest BCUT2D eigenvalue weighted by molar-refractivity contribution is 8.26. The number of ether oxygens (including phenoxy) is 1. The second kappa shape index (κ2) is 10.4. The summed E-state index contributed by atoms with van der Waals surface area (Å²) >= 11 is 12.6. The Labute approximate surface area is 212 Å². The van der Waals surface area contributed by atoms with Crippen molar-refractivity contribution in [1.29, 1.82) is 0 Å². The zero-order valence-corrected chi connectivity index (χ0v) is 20.9. The number of rotatable bonds is 6. The van der Waals surface area contributed by atoms with Gasteiger partial charge in [0, 0.05) is 5.56 Å². The number of hydrogen-bond donors (Lipinski definition) is 1. The van der Waals surface area contributed by atoms with Crippen molar-refractivity contribution in [3.05, 3.63) is 104 Å². The fourth-order valence-corrected chi connectivity index (χ4v) is 4.86. The van der Waals surface area contributed by atoms with Crippen LogP contribution in [0.25, 0.3) is 6.08 Å². The normalized spacial score (nSPS) is 14.6. The lowest BCUT2D eigenvalue weighted by Gasteiger charge is -2.16. The molecule has 172 valence electrons. The predicted molar refractivity (Wildman–Crippen MR) is 141 cm³/mol. The Balaban J connectivity index is 1.50. The van der Waals surface area contributed by atoms with Crippen molar-refractivity contribution in [3.63, 3.8) is 0 Å². The molecule has 0 spiro atoms. The molecule has 0 unspecified atom stereocenters. The molecule has 1 aliphatic rings. The van der Waals surface area contributed by atoms with Crippen molar-refractivity contribution in [3.8, 4) is 5.75 Å². The molecule has 0 aliphatic carbocycles. The number of para-hydroxylation sites is 1. The van der Waals surface area contributed by atoms with Crippen LogP contribution in [-0.2, 0) is 11.4 Å². The van der Waals surface area contributed by atoms with E-state index in [1.165, 1.54) is 0 Å². The highest BCUT2D eigenvalue weighted by Crippen LogP contribution is 2.33. The first-order valence-corrected chi connectivity index (χ1v) is 12.0. The van der Waals surface area contributed by atoms with E-state index in [9.17, 15) is 9.59 Å². The maximum atomic E-state index is 13.0. The molecular weight excluding hydrogens is 488 g/mol. The molecule has 2 amide bonds.